The molecule has 0 saturated carbocycles. The molecule has 2 aromatic heterocycles. The van der Waals surface area contributed by atoms with Gasteiger partial charge in [0.2, 0.25) is 5.89 Å². The van der Waals surface area contributed by atoms with Crippen molar-refractivity contribution in [3.8, 4) is 0 Å². The molecule has 0 aliphatic carbocycles. The van der Waals surface area contributed by atoms with Crippen LogP contribution in [0.3, 0.4) is 0 Å². The number of rotatable bonds is 3. The molecule has 6 nitrogen and oxygen atoms in total. The predicted octanol–water partition coefficient (Wildman–Crippen LogP) is 1.60. The highest BCUT2D eigenvalue weighted by atomic mass is 16.4. The number of carboxylic acids is 1. The minimum absolute atomic E-state index is 0.0404. The molecular weight excluding hydrogens is 212 g/mol. The van der Waals surface area contributed by atoms with Crippen LogP contribution in [0.1, 0.15) is 17.5 Å². The summed E-state index contributed by atoms with van der Waals surface area (Å²) in [6, 6.07) is 3.29. The summed E-state index contributed by atoms with van der Waals surface area (Å²) in [4.78, 5) is 11.0. The zero-order valence-corrected chi connectivity index (χ0v) is 8.38. The van der Waals surface area contributed by atoms with Crippen molar-refractivity contribution >= 4 is 17.6 Å². The lowest BCUT2D eigenvalue weighted by Gasteiger charge is -1.94. The molecule has 1 N–H and O–H groups in total. The molecule has 0 unspecified atom stereocenters. The highest BCUT2D eigenvalue weighted by molar-refractivity contribution is 6.18. The van der Waals surface area contributed by atoms with Crippen LogP contribution in [-0.4, -0.2) is 21.3 Å². The van der Waals surface area contributed by atoms with Gasteiger partial charge in [0.1, 0.15) is 11.3 Å². The maximum absolute atomic E-state index is 11.0. The van der Waals surface area contributed by atoms with Crippen LogP contribution >= 0.6 is 0 Å². The van der Waals surface area contributed by atoms with Gasteiger partial charge in [0.05, 0.1) is 6.26 Å². The summed E-state index contributed by atoms with van der Waals surface area (Å²) in [6.07, 6.45) is 2.78. The Morgan fingerprint density at radius 3 is 2.81 bits per heavy atom. The fourth-order valence-electron chi connectivity index (χ4n) is 1.14. The van der Waals surface area contributed by atoms with E-state index in [1.807, 2.05) is 0 Å². The van der Waals surface area contributed by atoms with Crippen LogP contribution in [0.2, 0.25) is 0 Å². The van der Waals surface area contributed by atoms with Gasteiger partial charge in [-0.25, -0.2) is 4.79 Å². The fraction of sp³-hybridized carbons (Fsp3) is 0.100. The van der Waals surface area contributed by atoms with E-state index in [2.05, 4.69) is 10.2 Å². The van der Waals surface area contributed by atoms with E-state index < -0.39 is 5.97 Å². The summed E-state index contributed by atoms with van der Waals surface area (Å²) < 4.78 is 10.1. The second-order valence-corrected chi connectivity index (χ2v) is 3.00. The molecule has 0 atom stereocenters. The maximum Gasteiger partial charge on any atom is 0.341 e. The quantitative estimate of drug-likeness (QED) is 0.790. The van der Waals surface area contributed by atoms with Crippen LogP contribution in [0, 0.1) is 6.92 Å². The number of hydrogen-bond donors (Lipinski definition) is 1. The van der Waals surface area contributed by atoms with Crippen molar-refractivity contribution in [2.45, 2.75) is 6.92 Å². The number of aryl methyl sites for hydroxylation is 1. The molecule has 0 fully saturated rings. The Hall–Kier alpha value is -2.37. The van der Waals surface area contributed by atoms with E-state index in [-0.39, 0.29) is 11.5 Å². The van der Waals surface area contributed by atoms with E-state index in [9.17, 15) is 4.79 Å². The van der Waals surface area contributed by atoms with Crippen molar-refractivity contribution < 1.29 is 18.7 Å². The van der Waals surface area contributed by atoms with Gasteiger partial charge in [0, 0.05) is 13.0 Å². The topological polar surface area (TPSA) is 89.4 Å². The monoisotopic (exact) mass is 220 g/mol. The maximum atomic E-state index is 11.0. The molecule has 2 rings (SSSR count). The Bertz CT molecular complexity index is 525. The molecule has 2 heterocycles. The Morgan fingerprint density at radius 2 is 2.31 bits per heavy atom. The molecule has 0 spiro atoms. The molecular formula is C10H8N2O4. The van der Waals surface area contributed by atoms with Crippen molar-refractivity contribution in [3.05, 3.63) is 35.9 Å². The first-order chi connectivity index (χ1) is 7.66. The minimum atomic E-state index is -1.15. The zero-order chi connectivity index (χ0) is 11.5. The summed E-state index contributed by atoms with van der Waals surface area (Å²) >= 11 is 0. The first-order valence-electron chi connectivity index (χ1n) is 4.46. The van der Waals surface area contributed by atoms with E-state index in [1.54, 1.807) is 19.1 Å². The van der Waals surface area contributed by atoms with Crippen molar-refractivity contribution in [2.24, 2.45) is 0 Å². The van der Waals surface area contributed by atoms with E-state index in [0.717, 1.165) is 0 Å². The molecule has 16 heavy (non-hydrogen) atoms. The third-order valence-corrected chi connectivity index (χ3v) is 1.82. The van der Waals surface area contributed by atoms with Gasteiger partial charge in [-0.2, -0.15) is 0 Å². The van der Waals surface area contributed by atoms with Crippen molar-refractivity contribution in [1.82, 2.24) is 10.2 Å². The number of furan rings is 1. The second kappa shape index (κ2) is 4.01. The van der Waals surface area contributed by atoms with Crippen LogP contribution in [0.25, 0.3) is 11.6 Å². The van der Waals surface area contributed by atoms with E-state index in [4.69, 9.17) is 13.9 Å². The summed E-state index contributed by atoms with van der Waals surface area (Å²) in [5.74, 6) is -0.476. The molecule has 0 bridgehead atoms. The molecule has 0 aliphatic rings. The molecule has 82 valence electrons. The molecule has 0 saturated heterocycles. The summed E-state index contributed by atoms with van der Waals surface area (Å²) in [5.41, 5.74) is -0.101. The summed E-state index contributed by atoms with van der Waals surface area (Å²) in [5, 5.41) is 16.2. The van der Waals surface area contributed by atoms with Crippen LogP contribution in [0.15, 0.2) is 27.2 Å². The number of nitrogens with zero attached hydrogens (tertiary/aromatic N) is 2. The van der Waals surface area contributed by atoms with Gasteiger partial charge in [0.25, 0.3) is 5.89 Å². The van der Waals surface area contributed by atoms with E-state index in [0.29, 0.717) is 11.7 Å². The summed E-state index contributed by atoms with van der Waals surface area (Å²) in [6.45, 7) is 1.59. The van der Waals surface area contributed by atoms with Crippen molar-refractivity contribution in [2.75, 3.05) is 0 Å². The fourth-order valence-corrected chi connectivity index (χ4v) is 1.14. The molecule has 0 radical (unpaired) electrons. The number of carbonyl (C=O) groups is 1. The van der Waals surface area contributed by atoms with Gasteiger partial charge in [-0.3, -0.25) is 0 Å². The minimum Gasteiger partial charge on any atom is -0.477 e. The lowest BCUT2D eigenvalue weighted by Crippen LogP contribution is -1.99. The number of aliphatic carboxylic acids is 1. The van der Waals surface area contributed by atoms with Gasteiger partial charge < -0.3 is 13.9 Å². The van der Waals surface area contributed by atoms with Gasteiger partial charge in [-0.15, -0.1) is 10.2 Å². The lowest BCUT2D eigenvalue weighted by atomic mass is 10.2. The molecule has 2 aromatic rings. The standard InChI is InChI=1S/C10H8N2O4/c1-6-11-12-9(16-6)8(10(13)14)5-7-3-2-4-15-7/h2-5H,1H3,(H,13,14)/b8-5-. The molecule has 0 aliphatic heterocycles. The van der Waals surface area contributed by atoms with Crippen LogP contribution < -0.4 is 0 Å². The Morgan fingerprint density at radius 1 is 1.50 bits per heavy atom. The van der Waals surface area contributed by atoms with Crippen LogP contribution in [0.4, 0.5) is 0 Å². The number of aromatic nitrogens is 2. The second-order valence-electron chi connectivity index (χ2n) is 3.00. The Kier molecular flexibility index (Phi) is 2.55. The first-order valence-corrected chi connectivity index (χ1v) is 4.46. The van der Waals surface area contributed by atoms with Gasteiger partial charge in [-0.1, -0.05) is 0 Å². The van der Waals surface area contributed by atoms with Crippen molar-refractivity contribution in [3.63, 3.8) is 0 Å². The molecule has 0 amide bonds. The number of hydrogen-bond acceptors (Lipinski definition) is 5. The van der Waals surface area contributed by atoms with Gasteiger partial charge >= 0.3 is 5.97 Å². The first kappa shape index (κ1) is 10.2. The smallest absolute Gasteiger partial charge is 0.341 e. The highest BCUT2D eigenvalue weighted by Gasteiger charge is 2.17. The SMILES string of the molecule is Cc1nnc(/C(=C/c2ccco2)C(=O)O)o1. The average Bonchev–Trinajstić information content (AvgIpc) is 2.84. The highest BCUT2D eigenvalue weighted by Crippen LogP contribution is 2.17. The van der Waals surface area contributed by atoms with Gasteiger partial charge in [0.15, 0.2) is 0 Å². The third-order valence-electron chi connectivity index (χ3n) is 1.82. The molecule has 6 heteroatoms. The molecule has 0 aromatic carbocycles. The van der Waals surface area contributed by atoms with Crippen molar-refractivity contribution in [1.29, 1.82) is 0 Å². The lowest BCUT2D eigenvalue weighted by molar-refractivity contribution is -0.130. The van der Waals surface area contributed by atoms with Gasteiger partial charge in [-0.05, 0) is 12.1 Å². The van der Waals surface area contributed by atoms with E-state index >= 15 is 0 Å². The normalized spacial score (nSPS) is 11.7. The predicted molar refractivity (Wildman–Crippen MR) is 53.2 cm³/mol. The summed E-state index contributed by atoms with van der Waals surface area (Å²) in [7, 11) is 0. The zero-order valence-electron chi connectivity index (χ0n) is 8.38. The third kappa shape index (κ3) is 2.00. The van der Waals surface area contributed by atoms with E-state index in [1.165, 1.54) is 12.3 Å². The Balaban J connectivity index is 2.42. The largest absolute Gasteiger partial charge is 0.477 e. The van der Waals surface area contributed by atoms with Crippen LogP contribution in [0.5, 0.6) is 0 Å². The van der Waals surface area contributed by atoms with Crippen LogP contribution in [-0.2, 0) is 4.79 Å². The Labute approximate surface area is 90.2 Å². The number of carboxylic acid groups (broad SMARTS) is 1. The average molecular weight is 220 g/mol.